The van der Waals surface area contributed by atoms with Gasteiger partial charge in [-0.2, -0.15) is 5.10 Å². The van der Waals surface area contributed by atoms with Crippen molar-refractivity contribution in [3.05, 3.63) is 66.2 Å². The van der Waals surface area contributed by atoms with E-state index in [4.69, 9.17) is 4.74 Å². The number of phenolic OH excluding ortho intramolecular Hbond substituents is 1. The molecule has 2 aromatic carbocycles. The molecule has 5 nitrogen and oxygen atoms in total. The third-order valence-corrected chi connectivity index (χ3v) is 4.22. The van der Waals surface area contributed by atoms with E-state index < -0.39 is 5.82 Å². The molecule has 26 heavy (non-hydrogen) atoms. The molecule has 0 aliphatic carbocycles. The van der Waals surface area contributed by atoms with Gasteiger partial charge in [-0.15, -0.1) is 0 Å². The summed E-state index contributed by atoms with van der Waals surface area (Å²) >= 11 is 0. The Hall–Kier alpha value is -3.41. The fraction of sp³-hybridized carbons (Fsp3) is 0.100. The summed E-state index contributed by atoms with van der Waals surface area (Å²) in [5, 5.41) is 14.8. The summed E-state index contributed by atoms with van der Waals surface area (Å²) < 4.78 is 20.7. The Labute approximate surface area is 149 Å². The fourth-order valence-electron chi connectivity index (χ4n) is 2.99. The average Bonchev–Trinajstić information content (AvgIpc) is 3.03. The minimum Gasteiger partial charge on any atom is -0.507 e. The Bertz CT molecular complexity index is 1100. The van der Waals surface area contributed by atoms with Crippen molar-refractivity contribution < 1.29 is 14.2 Å². The Morgan fingerprint density at radius 3 is 2.54 bits per heavy atom. The minimum atomic E-state index is -0.438. The molecular formula is C20H16FN3O2. The SMILES string of the molecule is COc1ccc(-c2cnc3cc(C)nn3c2-c2cc(F)ccc2O)cc1. The van der Waals surface area contributed by atoms with Crippen molar-refractivity contribution in [1.82, 2.24) is 14.6 Å². The second-order valence-corrected chi connectivity index (χ2v) is 5.97. The van der Waals surface area contributed by atoms with Crippen LogP contribution in [-0.2, 0) is 0 Å². The summed E-state index contributed by atoms with van der Waals surface area (Å²) in [5.41, 5.74) is 3.91. The van der Waals surface area contributed by atoms with Crippen LogP contribution in [0.3, 0.4) is 0 Å². The molecule has 2 aromatic heterocycles. The van der Waals surface area contributed by atoms with Gasteiger partial charge in [-0.05, 0) is 42.8 Å². The summed E-state index contributed by atoms with van der Waals surface area (Å²) in [6.07, 6.45) is 1.71. The number of hydrogen-bond acceptors (Lipinski definition) is 4. The zero-order valence-electron chi connectivity index (χ0n) is 14.3. The number of ether oxygens (including phenoxy) is 1. The zero-order valence-corrected chi connectivity index (χ0v) is 14.3. The number of rotatable bonds is 3. The summed E-state index contributed by atoms with van der Waals surface area (Å²) in [4.78, 5) is 4.45. The van der Waals surface area contributed by atoms with Gasteiger partial charge in [-0.3, -0.25) is 0 Å². The van der Waals surface area contributed by atoms with E-state index in [-0.39, 0.29) is 5.75 Å². The molecule has 0 amide bonds. The second kappa shape index (κ2) is 6.15. The fourth-order valence-corrected chi connectivity index (χ4v) is 2.99. The zero-order chi connectivity index (χ0) is 18.3. The number of hydrogen-bond donors (Lipinski definition) is 1. The Morgan fingerprint density at radius 1 is 1.04 bits per heavy atom. The van der Waals surface area contributed by atoms with E-state index in [1.165, 1.54) is 18.2 Å². The van der Waals surface area contributed by atoms with Crippen molar-refractivity contribution in [3.8, 4) is 33.9 Å². The molecule has 2 heterocycles. The topological polar surface area (TPSA) is 59.7 Å². The first kappa shape index (κ1) is 16.1. The van der Waals surface area contributed by atoms with E-state index in [0.29, 0.717) is 16.9 Å². The molecule has 1 N–H and O–H groups in total. The van der Waals surface area contributed by atoms with Crippen LogP contribution in [0.15, 0.2) is 54.7 Å². The molecule has 0 atom stereocenters. The van der Waals surface area contributed by atoms with Gasteiger partial charge in [0.15, 0.2) is 5.65 Å². The maximum Gasteiger partial charge on any atom is 0.155 e. The molecule has 0 saturated heterocycles. The molecule has 4 rings (SSSR count). The molecule has 0 aliphatic heterocycles. The summed E-state index contributed by atoms with van der Waals surface area (Å²) in [6.45, 7) is 1.86. The maximum absolute atomic E-state index is 13.9. The van der Waals surface area contributed by atoms with Crippen LogP contribution in [-0.4, -0.2) is 26.8 Å². The van der Waals surface area contributed by atoms with Crippen molar-refractivity contribution in [2.45, 2.75) is 6.92 Å². The van der Waals surface area contributed by atoms with Gasteiger partial charge < -0.3 is 9.84 Å². The van der Waals surface area contributed by atoms with E-state index in [9.17, 15) is 9.50 Å². The third kappa shape index (κ3) is 2.65. The lowest BCUT2D eigenvalue weighted by Gasteiger charge is -2.13. The second-order valence-electron chi connectivity index (χ2n) is 5.97. The van der Waals surface area contributed by atoms with Crippen LogP contribution in [0, 0.1) is 12.7 Å². The third-order valence-electron chi connectivity index (χ3n) is 4.22. The van der Waals surface area contributed by atoms with E-state index >= 15 is 0 Å². The lowest BCUT2D eigenvalue weighted by molar-refractivity contribution is 0.415. The lowest BCUT2D eigenvalue weighted by atomic mass is 10.00. The molecule has 0 spiro atoms. The molecular weight excluding hydrogens is 333 g/mol. The number of methoxy groups -OCH3 is 1. The van der Waals surface area contributed by atoms with Gasteiger partial charge in [0, 0.05) is 23.4 Å². The monoisotopic (exact) mass is 349 g/mol. The summed E-state index contributed by atoms with van der Waals surface area (Å²) in [5.74, 6) is 0.266. The number of nitrogens with zero attached hydrogens (tertiary/aromatic N) is 3. The first-order valence-electron chi connectivity index (χ1n) is 8.05. The van der Waals surface area contributed by atoms with Crippen LogP contribution >= 0.6 is 0 Å². The van der Waals surface area contributed by atoms with Gasteiger partial charge in [-0.25, -0.2) is 13.9 Å². The number of aromatic hydroxyl groups is 1. The largest absolute Gasteiger partial charge is 0.507 e. The first-order chi connectivity index (χ1) is 12.6. The van der Waals surface area contributed by atoms with Crippen LogP contribution in [0.5, 0.6) is 11.5 Å². The van der Waals surface area contributed by atoms with Gasteiger partial charge >= 0.3 is 0 Å². The highest BCUT2D eigenvalue weighted by Gasteiger charge is 2.18. The van der Waals surface area contributed by atoms with Gasteiger partial charge in [0.1, 0.15) is 17.3 Å². The number of aromatic nitrogens is 3. The molecule has 0 fully saturated rings. The number of benzene rings is 2. The number of aryl methyl sites for hydroxylation is 1. The van der Waals surface area contributed by atoms with Gasteiger partial charge in [0.2, 0.25) is 0 Å². The normalized spacial score (nSPS) is 11.0. The highest BCUT2D eigenvalue weighted by molar-refractivity contribution is 5.84. The van der Waals surface area contributed by atoms with E-state index in [0.717, 1.165) is 22.6 Å². The molecule has 6 heteroatoms. The van der Waals surface area contributed by atoms with Crippen molar-refractivity contribution in [1.29, 1.82) is 0 Å². The Morgan fingerprint density at radius 2 is 1.81 bits per heavy atom. The minimum absolute atomic E-state index is 0.0261. The number of fused-ring (bicyclic) bond motifs is 1. The van der Waals surface area contributed by atoms with Crippen molar-refractivity contribution in [2.24, 2.45) is 0 Å². The van der Waals surface area contributed by atoms with E-state index in [1.807, 2.05) is 37.3 Å². The van der Waals surface area contributed by atoms with Gasteiger partial charge in [0.05, 0.1) is 18.5 Å². The highest BCUT2D eigenvalue weighted by atomic mass is 19.1. The standard InChI is InChI=1S/C20H16FN3O2/c1-12-9-19-22-11-17(13-3-6-15(26-2)7-4-13)20(24(19)23-12)16-10-14(21)5-8-18(16)25/h3-11,25H,1-2H3. The quantitative estimate of drug-likeness (QED) is 0.601. The molecule has 0 saturated carbocycles. The lowest BCUT2D eigenvalue weighted by Crippen LogP contribution is -2.00. The molecule has 0 bridgehead atoms. The summed E-state index contributed by atoms with van der Waals surface area (Å²) in [6, 6.07) is 13.1. The van der Waals surface area contributed by atoms with Crippen LogP contribution in [0.4, 0.5) is 4.39 Å². The number of phenols is 1. The average molecular weight is 349 g/mol. The highest BCUT2D eigenvalue weighted by Crippen LogP contribution is 2.37. The van der Waals surface area contributed by atoms with Gasteiger partial charge in [-0.1, -0.05) is 12.1 Å². The van der Waals surface area contributed by atoms with Crippen LogP contribution < -0.4 is 4.74 Å². The van der Waals surface area contributed by atoms with Crippen LogP contribution in [0.2, 0.25) is 0 Å². The van der Waals surface area contributed by atoms with Crippen molar-refractivity contribution >= 4 is 5.65 Å². The predicted octanol–water partition coefficient (Wildman–Crippen LogP) is 4.23. The Kier molecular flexibility index (Phi) is 3.80. The van der Waals surface area contributed by atoms with Crippen LogP contribution in [0.25, 0.3) is 28.0 Å². The molecule has 0 unspecified atom stereocenters. The molecule has 130 valence electrons. The van der Waals surface area contributed by atoms with Crippen molar-refractivity contribution in [3.63, 3.8) is 0 Å². The first-order valence-corrected chi connectivity index (χ1v) is 8.05. The summed E-state index contributed by atoms with van der Waals surface area (Å²) in [7, 11) is 1.60. The predicted molar refractivity (Wildman–Crippen MR) is 96.8 cm³/mol. The Balaban J connectivity index is 2.05. The molecule has 0 aliphatic rings. The smallest absolute Gasteiger partial charge is 0.155 e. The van der Waals surface area contributed by atoms with Crippen molar-refractivity contribution in [2.75, 3.05) is 7.11 Å². The molecule has 0 radical (unpaired) electrons. The number of halogens is 1. The van der Waals surface area contributed by atoms with E-state index in [1.54, 1.807) is 17.8 Å². The maximum atomic E-state index is 13.9. The molecule has 4 aromatic rings. The van der Waals surface area contributed by atoms with Crippen LogP contribution in [0.1, 0.15) is 5.69 Å². The van der Waals surface area contributed by atoms with E-state index in [2.05, 4.69) is 10.1 Å². The van der Waals surface area contributed by atoms with Gasteiger partial charge in [0.25, 0.3) is 0 Å².